The number of nitriles is 1. The van der Waals surface area contributed by atoms with Crippen LogP contribution < -0.4 is 5.32 Å². The monoisotopic (exact) mass is 699 g/mol. The molecule has 0 aliphatic carbocycles. The Bertz CT molecular complexity index is 2260. The Morgan fingerprint density at radius 2 is 1.90 bits per heavy atom. The minimum atomic E-state index is -0.579. The topological polar surface area (TPSA) is 121 Å². The fourth-order valence-corrected chi connectivity index (χ4v) is 6.71. The van der Waals surface area contributed by atoms with Gasteiger partial charge in [0.15, 0.2) is 5.58 Å². The van der Waals surface area contributed by atoms with Gasteiger partial charge >= 0.3 is 6.09 Å². The van der Waals surface area contributed by atoms with Crippen molar-refractivity contribution < 1.29 is 18.7 Å². The van der Waals surface area contributed by atoms with E-state index in [1.807, 2.05) is 83.2 Å². The van der Waals surface area contributed by atoms with Crippen LogP contribution in [0.2, 0.25) is 5.02 Å². The first-order chi connectivity index (χ1) is 24.4. The third-order valence-corrected chi connectivity index (χ3v) is 9.15. The molecule has 2 aromatic heterocycles. The normalized spacial score (nSPS) is 14.5. The molecule has 258 valence electrons. The maximum Gasteiger partial charge on any atom is 0.410 e. The Labute approximate surface area is 302 Å². The van der Waals surface area contributed by atoms with Gasteiger partial charge in [-0.1, -0.05) is 54.6 Å². The van der Waals surface area contributed by atoms with Crippen LogP contribution in [0.1, 0.15) is 84.9 Å². The van der Waals surface area contributed by atoms with E-state index in [1.165, 1.54) is 6.07 Å². The first kappa shape index (κ1) is 35.1. The highest BCUT2D eigenvalue weighted by Gasteiger charge is 2.33. The van der Waals surface area contributed by atoms with Gasteiger partial charge in [-0.05, 0) is 94.5 Å². The number of rotatable bonds is 8. The second-order valence-electron chi connectivity index (χ2n) is 13.5. The van der Waals surface area contributed by atoms with Gasteiger partial charge in [-0.15, -0.1) is 0 Å². The predicted octanol–water partition coefficient (Wildman–Crippen LogP) is 10.4. The first-order valence-electron chi connectivity index (χ1n) is 16.7. The molecule has 51 heavy (non-hydrogen) atoms. The number of oxazole rings is 1. The molecule has 1 atom stereocenters. The molecular formula is C41H38ClN5O4. The molecule has 1 amide bonds. The average Bonchev–Trinajstić information content (AvgIpc) is 3.76. The number of halogens is 1. The van der Waals surface area contributed by atoms with E-state index in [0.717, 1.165) is 46.2 Å². The SMILES string of the molecule is C=C(Nc1cccc(-c2cccc(-c3nc4cc(C=O)cc(C#N)c4o3)c2C)c1Cl)c1ncc(C2CCCN2C(=O)OC(C)(C)C)cc1/C=C\C. The molecule has 1 fully saturated rings. The lowest BCUT2D eigenvalue weighted by atomic mass is 9.96. The number of aromatic nitrogens is 2. The summed E-state index contributed by atoms with van der Waals surface area (Å²) in [4.78, 5) is 35.6. The van der Waals surface area contributed by atoms with Crippen molar-refractivity contribution in [1.29, 1.82) is 5.26 Å². The van der Waals surface area contributed by atoms with Crippen molar-refractivity contribution in [3.8, 4) is 28.7 Å². The predicted molar refractivity (Wildman–Crippen MR) is 201 cm³/mol. The largest absolute Gasteiger partial charge is 0.444 e. The number of hydrogen-bond donors (Lipinski definition) is 1. The fourth-order valence-electron chi connectivity index (χ4n) is 6.43. The summed E-state index contributed by atoms with van der Waals surface area (Å²) in [6.45, 7) is 14.5. The standard InChI is InChI=1S/C41H38ClN5O4/c1-7-11-27-20-29(35-16-10-17-47(35)40(49)51-41(4,5)6)22-44-37(27)25(3)45-33-15-9-14-32(36(33)42)30-12-8-13-31(24(30)2)39-46-34-19-26(23-48)18-28(21-43)38(34)50-39/h7-9,11-15,18-20,22-23,35,45H,3,10,16-17H2,1-2,4-6H3/b11-7-. The van der Waals surface area contributed by atoms with Gasteiger partial charge in [0.2, 0.25) is 5.89 Å². The number of carbonyl (C=O) groups excluding carboxylic acids is 2. The number of pyridine rings is 1. The van der Waals surface area contributed by atoms with Crippen LogP contribution in [0, 0.1) is 18.3 Å². The van der Waals surface area contributed by atoms with Crippen molar-refractivity contribution in [3.05, 3.63) is 112 Å². The molecule has 3 aromatic carbocycles. The van der Waals surface area contributed by atoms with Gasteiger partial charge in [-0.3, -0.25) is 9.78 Å². The van der Waals surface area contributed by atoms with Gasteiger partial charge in [0.1, 0.15) is 23.5 Å². The maximum absolute atomic E-state index is 13.0. The minimum Gasteiger partial charge on any atom is -0.444 e. The van der Waals surface area contributed by atoms with Crippen molar-refractivity contribution in [3.63, 3.8) is 0 Å². The number of anilines is 1. The molecule has 0 saturated carbocycles. The number of aldehydes is 1. The molecule has 1 N–H and O–H groups in total. The minimum absolute atomic E-state index is 0.131. The average molecular weight is 700 g/mol. The van der Waals surface area contributed by atoms with Crippen molar-refractivity contribution >= 4 is 52.5 Å². The first-order valence-corrected chi connectivity index (χ1v) is 17.1. The third-order valence-electron chi connectivity index (χ3n) is 8.74. The van der Waals surface area contributed by atoms with E-state index in [9.17, 15) is 14.9 Å². The molecule has 1 saturated heterocycles. The summed E-state index contributed by atoms with van der Waals surface area (Å²) >= 11 is 7.09. The molecule has 3 heterocycles. The van der Waals surface area contributed by atoms with Crippen molar-refractivity contribution in [2.75, 3.05) is 11.9 Å². The molecule has 10 heteroatoms. The van der Waals surface area contributed by atoms with Crippen LogP contribution in [-0.2, 0) is 4.74 Å². The van der Waals surface area contributed by atoms with E-state index in [2.05, 4.69) is 29.0 Å². The zero-order chi connectivity index (χ0) is 36.4. The van der Waals surface area contributed by atoms with Gasteiger partial charge in [0, 0.05) is 35.0 Å². The van der Waals surface area contributed by atoms with E-state index >= 15 is 0 Å². The number of hydrogen-bond acceptors (Lipinski definition) is 8. The van der Waals surface area contributed by atoms with Crippen LogP contribution in [-0.4, -0.2) is 39.4 Å². The summed E-state index contributed by atoms with van der Waals surface area (Å²) in [6.07, 6.45) is 7.80. The lowest BCUT2D eigenvalue weighted by Crippen LogP contribution is -2.36. The molecular weight excluding hydrogens is 662 g/mol. The second-order valence-corrected chi connectivity index (χ2v) is 13.8. The van der Waals surface area contributed by atoms with Crippen molar-refractivity contribution in [2.45, 2.75) is 59.1 Å². The highest BCUT2D eigenvalue weighted by atomic mass is 35.5. The number of ether oxygens (including phenoxy) is 1. The summed E-state index contributed by atoms with van der Waals surface area (Å²) in [7, 11) is 0. The molecule has 1 aliphatic rings. The zero-order valence-corrected chi connectivity index (χ0v) is 30.0. The van der Waals surface area contributed by atoms with Gasteiger partial charge in [0.05, 0.1) is 33.7 Å². The maximum atomic E-state index is 13.0. The number of likely N-dealkylation sites (tertiary alicyclic amines) is 1. The number of carbonyl (C=O) groups is 2. The number of allylic oxidation sites excluding steroid dienone is 1. The van der Waals surface area contributed by atoms with Crippen molar-refractivity contribution in [1.82, 2.24) is 14.9 Å². The van der Waals surface area contributed by atoms with E-state index in [4.69, 9.17) is 25.7 Å². The van der Waals surface area contributed by atoms with E-state index in [0.29, 0.717) is 57.5 Å². The Morgan fingerprint density at radius 1 is 1.16 bits per heavy atom. The molecule has 5 aromatic rings. The highest BCUT2D eigenvalue weighted by Crippen LogP contribution is 2.40. The Morgan fingerprint density at radius 3 is 2.63 bits per heavy atom. The van der Waals surface area contributed by atoms with Crippen LogP contribution in [0.25, 0.3) is 45.5 Å². The third kappa shape index (κ3) is 7.14. The fraction of sp³-hybridized carbons (Fsp3) is 0.244. The second kappa shape index (κ2) is 14.3. The van der Waals surface area contributed by atoms with Crippen LogP contribution in [0.4, 0.5) is 10.5 Å². The smallest absolute Gasteiger partial charge is 0.410 e. The number of nitrogens with one attached hydrogen (secondary N) is 1. The van der Waals surface area contributed by atoms with Crippen LogP contribution >= 0.6 is 11.6 Å². The lowest BCUT2D eigenvalue weighted by molar-refractivity contribution is 0.0224. The summed E-state index contributed by atoms with van der Waals surface area (Å²) in [5.41, 5.74) is 7.68. The Kier molecular flexibility index (Phi) is 9.82. The zero-order valence-electron chi connectivity index (χ0n) is 29.2. The lowest BCUT2D eigenvalue weighted by Gasteiger charge is -2.29. The van der Waals surface area contributed by atoms with Crippen LogP contribution in [0.15, 0.2) is 77.9 Å². The van der Waals surface area contributed by atoms with E-state index in [1.54, 1.807) is 17.2 Å². The summed E-state index contributed by atoms with van der Waals surface area (Å²) < 4.78 is 11.8. The Balaban J connectivity index is 1.29. The van der Waals surface area contributed by atoms with Gasteiger partial charge < -0.3 is 19.4 Å². The molecule has 0 radical (unpaired) electrons. The molecule has 6 rings (SSSR count). The van der Waals surface area contributed by atoms with E-state index in [-0.39, 0.29) is 17.7 Å². The quantitative estimate of drug-likeness (QED) is 0.159. The van der Waals surface area contributed by atoms with Gasteiger partial charge in [0.25, 0.3) is 0 Å². The molecule has 0 spiro atoms. The number of nitrogens with zero attached hydrogens (tertiary/aromatic N) is 4. The Hall–Kier alpha value is -5.72. The summed E-state index contributed by atoms with van der Waals surface area (Å²) in [5.74, 6) is 0.334. The van der Waals surface area contributed by atoms with E-state index < -0.39 is 5.60 Å². The molecule has 9 nitrogen and oxygen atoms in total. The van der Waals surface area contributed by atoms with Crippen molar-refractivity contribution in [2.24, 2.45) is 0 Å². The van der Waals surface area contributed by atoms with Gasteiger partial charge in [-0.25, -0.2) is 9.78 Å². The van der Waals surface area contributed by atoms with Gasteiger partial charge in [-0.2, -0.15) is 5.26 Å². The molecule has 0 bridgehead atoms. The number of fused-ring (bicyclic) bond motifs is 1. The molecule has 1 unspecified atom stereocenters. The highest BCUT2D eigenvalue weighted by molar-refractivity contribution is 6.36. The number of benzene rings is 3. The molecule has 1 aliphatic heterocycles. The summed E-state index contributed by atoms with van der Waals surface area (Å²) in [6, 6.07) is 18.6. The van der Waals surface area contributed by atoms with Crippen LogP contribution in [0.5, 0.6) is 0 Å². The summed E-state index contributed by atoms with van der Waals surface area (Å²) in [5, 5.41) is 13.5. The number of amides is 1. The van der Waals surface area contributed by atoms with Crippen LogP contribution in [0.3, 0.4) is 0 Å².